The normalized spacial score (nSPS) is 17.5. The van der Waals surface area contributed by atoms with Crippen molar-refractivity contribution in [2.75, 3.05) is 13.1 Å². The van der Waals surface area contributed by atoms with Crippen molar-refractivity contribution in [3.8, 4) is 0 Å². The summed E-state index contributed by atoms with van der Waals surface area (Å²) in [6, 6.07) is 4.95. The molecule has 132 valence electrons. The number of hydrogen-bond donors (Lipinski definition) is 2. The first-order chi connectivity index (χ1) is 11.2. The van der Waals surface area contributed by atoms with Crippen molar-refractivity contribution in [2.45, 2.75) is 45.7 Å². The van der Waals surface area contributed by atoms with Crippen molar-refractivity contribution in [3.63, 3.8) is 0 Å². The molecule has 6 heteroatoms. The first-order valence-electron chi connectivity index (χ1n) is 8.29. The highest BCUT2D eigenvalue weighted by Crippen LogP contribution is 2.21. The minimum atomic E-state index is -0.525. The summed E-state index contributed by atoms with van der Waals surface area (Å²) < 4.78 is 12.9. The summed E-state index contributed by atoms with van der Waals surface area (Å²) in [5.41, 5.74) is 6.20. The van der Waals surface area contributed by atoms with Crippen LogP contribution in [0.15, 0.2) is 24.3 Å². The molecule has 1 atom stereocenters. The maximum absolute atomic E-state index is 12.9. The van der Waals surface area contributed by atoms with Gasteiger partial charge in [0.05, 0.1) is 6.04 Å². The summed E-state index contributed by atoms with van der Waals surface area (Å²) in [7, 11) is 0. The monoisotopic (exact) mass is 335 g/mol. The number of piperidine rings is 1. The molecule has 0 aliphatic carbocycles. The Morgan fingerprint density at radius 3 is 2.25 bits per heavy atom. The van der Waals surface area contributed by atoms with Gasteiger partial charge in [0.25, 0.3) is 5.91 Å². The van der Waals surface area contributed by atoms with Crippen molar-refractivity contribution in [1.29, 1.82) is 0 Å². The molecule has 3 N–H and O–H groups in total. The number of nitrogens with zero attached hydrogens (tertiary/aromatic N) is 1. The second-order valence-corrected chi connectivity index (χ2v) is 7.42. The number of rotatable bonds is 3. The summed E-state index contributed by atoms with van der Waals surface area (Å²) in [5.74, 6) is -0.620. The second kappa shape index (κ2) is 7.30. The molecule has 2 rings (SSSR count). The predicted octanol–water partition coefficient (Wildman–Crippen LogP) is 1.92. The van der Waals surface area contributed by atoms with E-state index in [1.807, 2.05) is 20.8 Å². The zero-order chi connectivity index (χ0) is 17.9. The van der Waals surface area contributed by atoms with Crippen molar-refractivity contribution in [2.24, 2.45) is 11.1 Å². The highest BCUT2D eigenvalue weighted by molar-refractivity contribution is 5.94. The van der Waals surface area contributed by atoms with Gasteiger partial charge in [-0.3, -0.25) is 9.59 Å². The molecule has 0 bridgehead atoms. The van der Waals surface area contributed by atoms with E-state index in [2.05, 4.69) is 5.32 Å². The van der Waals surface area contributed by atoms with Crippen molar-refractivity contribution in [3.05, 3.63) is 35.6 Å². The van der Waals surface area contributed by atoms with E-state index in [0.717, 1.165) is 0 Å². The fourth-order valence-electron chi connectivity index (χ4n) is 2.68. The molecule has 2 amide bonds. The Hall–Kier alpha value is -1.95. The van der Waals surface area contributed by atoms with E-state index in [0.29, 0.717) is 31.5 Å². The molecule has 0 spiro atoms. The summed E-state index contributed by atoms with van der Waals surface area (Å²) in [5, 5.41) is 2.94. The maximum atomic E-state index is 12.9. The van der Waals surface area contributed by atoms with Crippen LogP contribution in [0, 0.1) is 11.2 Å². The highest BCUT2D eigenvalue weighted by atomic mass is 19.1. The number of amides is 2. The summed E-state index contributed by atoms with van der Waals surface area (Å²) >= 11 is 0. The van der Waals surface area contributed by atoms with Crippen LogP contribution in [0.1, 0.15) is 44.0 Å². The summed E-state index contributed by atoms with van der Waals surface area (Å²) in [6.07, 6.45) is 1.38. The zero-order valence-electron chi connectivity index (χ0n) is 14.5. The summed E-state index contributed by atoms with van der Waals surface area (Å²) in [4.78, 5) is 26.3. The number of halogens is 1. The van der Waals surface area contributed by atoms with Gasteiger partial charge in [-0.1, -0.05) is 20.8 Å². The lowest BCUT2D eigenvalue weighted by Gasteiger charge is -2.36. The van der Waals surface area contributed by atoms with Crippen LogP contribution in [0.4, 0.5) is 4.39 Å². The number of benzene rings is 1. The van der Waals surface area contributed by atoms with Crippen LogP contribution in [-0.2, 0) is 4.79 Å². The number of hydrogen-bond acceptors (Lipinski definition) is 3. The first-order valence-corrected chi connectivity index (χ1v) is 8.29. The number of nitrogens with two attached hydrogens (primary N) is 1. The molecule has 0 aromatic heterocycles. The van der Waals surface area contributed by atoms with E-state index < -0.39 is 6.04 Å². The molecule has 1 aliphatic rings. The van der Waals surface area contributed by atoms with E-state index in [-0.39, 0.29) is 29.1 Å². The molecular formula is C18H26FN3O2. The van der Waals surface area contributed by atoms with Crippen molar-refractivity contribution >= 4 is 11.8 Å². The van der Waals surface area contributed by atoms with Gasteiger partial charge in [0.15, 0.2) is 0 Å². The van der Waals surface area contributed by atoms with Gasteiger partial charge >= 0.3 is 0 Å². The lowest BCUT2D eigenvalue weighted by Crippen LogP contribution is -2.54. The molecule has 1 unspecified atom stereocenters. The van der Waals surface area contributed by atoms with Crippen LogP contribution in [0.3, 0.4) is 0 Å². The third-order valence-electron chi connectivity index (χ3n) is 4.45. The lowest BCUT2D eigenvalue weighted by molar-refractivity contribution is -0.136. The Morgan fingerprint density at radius 2 is 1.75 bits per heavy atom. The Bertz CT molecular complexity index is 587. The molecule has 1 heterocycles. The van der Waals surface area contributed by atoms with Gasteiger partial charge in [-0.2, -0.15) is 0 Å². The molecule has 1 fully saturated rings. The average Bonchev–Trinajstić information content (AvgIpc) is 2.54. The highest BCUT2D eigenvalue weighted by Gasteiger charge is 2.33. The topological polar surface area (TPSA) is 75.4 Å². The number of likely N-dealkylation sites (tertiary alicyclic amines) is 1. The number of carbonyl (C=O) groups is 2. The molecule has 1 aromatic carbocycles. The number of nitrogens with one attached hydrogen (secondary N) is 1. The molecule has 1 aromatic rings. The number of carbonyl (C=O) groups excluding carboxylic acids is 2. The third-order valence-corrected chi connectivity index (χ3v) is 4.45. The van der Waals surface area contributed by atoms with Gasteiger partial charge in [-0.15, -0.1) is 0 Å². The van der Waals surface area contributed by atoms with Gasteiger partial charge in [-0.05, 0) is 42.5 Å². The van der Waals surface area contributed by atoms with Gasteiger partial charge in [0.2, 0.25) is 5.91 Å². The molecule has 1 saturated heterocycles. The van der Waals surface area contributed by atoms with E-state index in [4.69, 9.17) is 5.73 Å². The van der Waals surface area contributed by atoms with Crippen molar-refractivity contribution < 1.29 is 14.0 Å². The quantitative estimate of drug-likeness (QED) is 0.886. The minimum absolute atomic E-state index is 0.0115. The maximum Gasteiger partial charge on any atom is 0.251 e. The smallest absolute Gasteiger partial charge is 0.251 e. The van der Waals surface area contributed by atoms with E-state index >= 15 is 0 Å². The Labute approximate surface area is 142 Å². The van der Waals surface area contributed by atoms with Gasteiger partial charge in [-0.25, -0.2) is 4.39 Å². The van der Waals surface area contributed by atoms with Gasteiger partial charge in [0, 0.05) is 24.7 Å². The lowest BCUT2D eigenvalue weighted by atomic mass is 9.86. The van der Waals surface area contributed by atoms with E-state index in [1.54, 1.807) is 4.90 Å². The fourth-order valence-corrected chi connectivity index (χ4v) is 2.68. The zero-order valence-corrected chi connectivity index (χ0v) is 14.5. The molecule has 24 heavy (non-hydrogen) atoms. The van der Waals surface area contributed by atoms with Gasteiger partial charge in [0.1, 0.15) is 5.82 Å². The van der Waals surface area contributed by atoms with Crippen LogP contribution in [0.2, 0.25) is 0 Å². The molecule has 5 nitrogen and oxygen atoms in total. The van der Waals surface area contributed by atoms with E-state index in [9.17, 15) is 14.0 Å². The van der Waals surface area contributed by atoms with Crippen LogP contribution in [-0.4, -0.2) is 41.9 Å². The Kier molecular flexibility index (Phi) is 5.59. The predicted molar refractivity (Wildman–Crippen MR) is 90.9 cm³/mol. The van der Waals surface area contributed by atoms with Crippen molar-refractivity contribution in [1.82, 2.24) is 10.2 Å². The van der Waals surface area contributed by atoms with Crippen LogP contribution >= 0.6 is 0 Å². The average molecular weight is 335 g/mol. The second-order valence-electron chi connectivity index (χ2n) is 7.42. The molecule has 0 radical (unpaired) electrons. The SMILES string of the molecule is CC(C)(C)C(N)C(=O)N1CCC(NC(=O)c2ccc(F)cc2)CC1. The van der Waals surface area contributed by atoms with Gasteiger partial charge < -0.3 is 16.0 Å². The molecule has 1 aliphatic heterocycles. The first kappa shape index (κ1) is 18.4. The Morgan fingerprint density at radius 1 is 1.21 bits per heavy atom. The molecular weight excluding hydrogens is 309 g/mol. The van der Waals surface area contributed by atoms with Crippen LogP contribution in [0.25, 0.3) is 0 Å². The minimum Gasteiger partial charge on any atom is -0.349 e. The fraction of sp³-hybridized carbons (Fsp3) is 0.556. The standard InChI is InChI=1S/C18H26FN3O2/c1-18(2,3)15(20)17(24)22-10-8-14(9-11-22)21-16(23)12-4-6-13(19)7-5-12/h4-7,14-15H,8-11,20H2,1-3H3,(H,21,23). The third kappa shape index (κ3) is 4.54. The largest absolute Gasteiger partial charge is 0.349 e. The Balaban J connectivity index is 1.85. The van der Waals surface area contributed by atoms with E-state index in [1.165, 1.54) is 24.3 Å². The summed E-state index contributed by atoms with van der Waals surface area (Å²) in [6.45, 7) is 7.01. The van der Waals surface area contributed by atoms with Crippen LogP contribution < -0.4 is 11.1 Å². The van der Waals surface area contributed by atoms with Crippen LogP contribution in [0.5, 0.6) is 0 Å². The molecule has 0 saturated carbocycles.